The van der Waals surface area contributed by atoms with Gasteiger partial charge in [-0.25, -0.2) is 0 Å². The fourth-order valence-corrected chi connectivity index (χ4v) is 2.38. The Morgan fingerprint density at radius 3 is 2.58 bits per heavy atom. The zero-order chi connectivity index (χ0) is 13.7. The number of β-amino-alcohol motifs (C(OH)–C–C–N with tert-alkyl or cyclic N) is 1. The summed E-state index contributed by atoms with van der Waals surface area (Å²) in [6, 6.07) is 4.18. The molecule has 1 aromatic rings. The summed E-state index contributed by atoms with van der Waals surface area (Å²) in [6.45, 7) is 7.05. The molecule has 3 N–H and O–H groups in total. The maximum atomic E-state index is 8.93. The van der Waals surface area contributed by atoms with Gasteiger partial charge >= 0.3 is 0 Å². The van der Waals surface area contributed by atoms with Crippen molar-refractivity contribution in [3.05, 3.63) is 24.0 Å². The van der Waals surface area contributed by atoms with Crippen LogP contribution in [0.3, 0.4) is 0 Å². The molecule has 1 aromatic heterocycles. The molecule has 0 spiro atoms. The fraction of sp³-hybridized carbons (Fsp3) is 0.643. The van der Waals surface area contributed by atoms with Crippen molar-refractivity contribution in [3.63, 3.8) is 0 Å². The van der Waals surface area contributed by atoms with Gasteiger partial charge in [-0.3, -0.25) is 9.88 Å². The monoisotopic (exact) mass is 264 g/mol. The quantitative estimate of drug-likeness (QED) is 0.815. The highest BCUT2D eigenvalue weighted by Gasteiger charge is 2.17. The highest BCUT2D eigenvalue weighted by Crippen LogP contribution is 2.18. The van der Waals surface area contributed by atoms with Crippen LogP contribution in [0.5, 0.6) is 0 Å². The number of nitrogens with two attached hydrogens (primary N) is 1. The molecule has 2 heterocycles. The molecule has 0 bridgehead atoms. The van der Waals surface area contributed by atoms with Gasteiger partial charge in [-0.1, -0.05) is 6.92 Å². The number of nitrogens with zero attached hydrogens (tertiary/aromatic N) is 3. The van der Waals surface area contributed by atoms with Crippen molar-refractivity contribution >= 4 is 5.69 Å². The van der Waals surface area contributed by atoms with Crippen LogP contribution in [-0.2, 0) is 0 Å². The molecular formula is C14H24N4O. The smallest absolute Gasteiger partial charge is 0.0572 e. The lowest BCUT2D eigenvalue weighted by Gasteiger charge is -2.35. The number of aromatic nitrogens is 1. The third-order valence-corrected chi connectivity index (χ3v) is 3.74. The zero-order valence-corrected chi connectivity index (χ0v) is 11.6. The van der Waals surface area contributed by atoms with Crippen LogP contribution in [0.2, 0.25) is 0 Å². The SMILES string of the molecule is CC[C@H](N)c1ccc(N2CCN(CCO)CC2)cn1. The normalized spacial score (nSPS) is 18.6. The van der Waals surface area contributed by atoms with Gasteiger partial charge in [0.1, 0.15) is 0 Å². The van der Waals surface area contributed by atoms with Crippen molar-refractivity contribution in [3.8, 4) is 0 Å². The van der Waals surface area contributed by atoms with E-state index in [1.54, 1.807) is 0 Å². The molecular weight excluding hydrogens is 240 g/mol. The maximum Gasteiger partial charge on any atom is 0.0572 e. The van der Waals surface area contributed by atoms with Crippen LogP contribution in [0, 0.1) is 0 Å². The lowest BCUT2D eigenvalue weighted by Crippen LogP contribution is -2.47. The van der Waals surface area contributed by atoms with E-state index < -0.39 is 0 Å². The number of piperazine rings is 1. The summed E-state index contributed by atoms with van der Waals surface area (Å²) in [5.74, 6) is 0. The van der Waals surface area contributed by atoms with Gasteiger partial charge in [-0.05, 0) is 18.6 Å². The van der Waals surface area contributed by atoms with Gasteiger partial charge < -0.3 is 15.7 Å². The van der Waals surface area contributed by atoms with Crippen molar-refractivity contribution in [2.45, 2.75) is 19.4 Å². The Kier molecular flexibility index (Phi) is 5.13. The number of anilines is 1. The number of pyridine rings is 1. The van der Waals surface area contributed by atoms with E-state index in [1.165, 1.54) is 0 Å². The first kappa shape index (κ1) is 14.2. The van der Waals surface area contributed by atoms with Gasteiger partial charge in [0.25, 0.3) is 0 Å². The van der Waals surface area contributed by atoms with Crippen LogP contribution in [-0.4, -0.2) is 54.3 Å². The van der Waals surface area contributed by atoms with Crippen molar-refractivity contribution < 1.29 is 5.11 Å². The Labute approximate surface area is 115 Å². The molecule has 0 radical (unpaired) electrons. The topological polar surface area (TPSA) is 65.6 Å². The van der Waals surface area contributed by atoms with Gasteiger partial charge in [0.15, 0.2) is 0 Å². The summed E-state index contributed by atoms with van der Waals surface area (Å²) in [5.41, 5.74) is 8.09. The molecule has 5 nitrogen and oxygen atoms in total. The highest BCUT2D eigenvalue weighted by molar-refractivity contribution is 5.45. The van der Waals surface area contributed by atoms with E-state index in [9.17, 15) is 0 Å². The van der Waals surface area contributed by atoms with E-state index in [0.717, 1.165) is 50.5 Å². The van der Waals surface area contributed by atoms with E-state index in [4.69, 9.17) is 10.8 Å². The van der Waals surface area contributed by atoms with E-state index in [0.29, 0.717) is 0 Å². The third kappa shape index (κ3) is 3.65. The number of hydrogen-bond acceptors (Lipinski definition) is 5. The van der Waals surface area contributed by atoms with Crippen LogP contribution in [0.15, 0.2) is 18.3 Å². The summed E-state index contributed by atoms with van der Waals surface area (Å²) < 4.78 is 0. The second-order valence-corrected chi connectivity index (χ2v) is 5.01. The van der Waals surface area contributed by atoms with E-state index in [-0.39, 0.29) is 12.6 Å². The lowest BCUT2D eigenvalue weighted by molar-refractivity contribution is 0.189. The Morgan fingerprint density at radius 2 is 2.05 bits per heavy atom. The Hall–Kier alpha value is -1.17. The largest absolute Gasteiger partial charge is 0.395 e. The predicted molar refractivity (Wildman–Crippen MR) is 77.2 cm³/mol. The molecule has 1 saturated heterocycles. The fourth-order valence-electron chi connectivity index (χ4n) is 2.38. The first-order chi connectivity index (χ1) is 9.24. The summed E-state index contributed by atoms with van der Waals surface area (Å²) in [5, 5.41) is 8.93. The van der Waals surface area contributed by atoms with E-state index in [1.807, 2.05) is 12.3 Å². The summed E-state index contributed by atoms with van der Waals surface area (Å²) in [6.07, 6.45) is 2.83. The van der Waals surface area contributed by atoms with Crippen LogP contribution < -0.4 is 10.6 Å². The molecule has 5 heteroatoms. The number of rotatable bonds is 5. The zero-order valence-electron chi connectivity index (χ0n) is 11.6. The first-order valence-electron chi connectivity index (χ1n) is 7.04. The maximum absolute atomic E-state index is 8.93. The second kappa shape index (κ2) is 6.84. The molecule has 1 atom stereocenters. The minimum atomic E-state index is 0.0375. The lowest BCUT2D eigenvalue weighted by atomic mass is 10.1. The number of hydrogen-bond donors (Lipinski definition) is 2. The molecule has 1 aliphatic rings. The van der Waals surface area contributed by atoms with Crippen LogP contribution in [0.25, 0.3) is 0 Å². The minimum absolute atomic E-state index is 0.0375. The summed E-state index contributed by atoms with van der Waals surface area (Å²) >= 11 is 0. The van der Waals surface area contributed by atoms with Gasteiger partial charge in [0, 0.05) is 38.8 Å². The molecule has 0 aromatic carbocycles. The van der Waals surface area contributed by atoms with Crippen molar-refractivity contribution in [1.29, 1.82) is 0 Å². The van der Waals surface area contributed by atoms with E-state index in [2.05, 4.69) is 27.8 Å². The molecule has 0 unspecified atom stereocenters. The molecule has 106 valence electrons. The number of aliphatic hydroxyl groups excluding tert-OH is 1. The van der Waals surface area contributed by atoms with Crippen molar-refractivity contribution in [2.75, 3.05) is 44.2 Å². The molecule has 0 saturated carbocycles. The second-order valence-electron chi connectivity index (χ2n) is 5.01. The highest BCUT2D eigenvalue weighted by atomic mass is 16.3. The summed E-state index contributed by atoms with van der Waals surface area (Å²) in [7, 11) is 0. The molecule has 1 aliphatic heterocycles. The van der Waals surface area contributed by atoms with Crippen molar-refractivity contribution in [2.24, 2.45) is 5.73 Å². The predicted octanol–water partition coefficient (Wildman–Crippen LogP) is 0.606. The Morgan fingerprint density at radius 1 is 1.32 bits per heavy atom. The molecule has 0 amide bonds. The van der Waals surface area contributed by atoms with Gasteiger partial charge in [-0.2, -0.15) is 0 Å². The Bertz CT molecular complexity index is 374. The third-order valence-electron chi connectivity index (χ3n) is 3.74. The minimum Gasteiger partial charge on any atom is -0.395 e. The van der Waals surface area contributed by atoms with Crippen LogP contribution in [0.4, 0.5) is 5.69 Å². The molecule has 0 aliphatic carbocycles. The first-order valence-corrected chi connectivity index (χ1v) is 7.04. The Balaban J connectivity index is 1.92. The molecule has 1 fully saturated rings. The molecule has 19 heavy (non-hydrogen) atoms. The van der Waals surface area contributed by atoms with Gasteiger partial charge in [0.2, 0.25) is 0 Å². The average molecular weight is 264 g/mol. The van der Waals surface area contributed by atoms with Crippen LogP contribution in [0.1, 0.15) is 25.1 Å². The van der Waals surface area contributed by atoms with Crippen molar-refractivity contribution in [1.82, 2.24) is 9.88 Å². The standard InChI is InChI=1S/C14H24N4O/c1-2-13(15)14-4-3-12(11-16-14)18-7-5-17(6-8-18)9-10-19/h3-4,11,13,19H,2,5-10,15H2,1H3/t13-/m0/s1. The van der Waals surface area contributed by atoms with Gasteiger partial charge in [0.05, 0.1) is 24.2 Å². The average Bonchev–Trinajstić information content (AvgIpc) is 2.48. The van der Waals surface area contributed by atoms with Gasteiger partial charge in [-0.15, -0.1) is 0 Å². The van der Waals surface area contributed by atoms with Crippen LogP contribution >= 0.6 is 0 Å². The molecule has 2 rings (SSSR count). The number of aliphatic hydroxyl groups is 1. The summed E-state index contributed by atoms with van der Waals surface area (Å²) in [4.78, 5) is 9.08. The van der Waals surface area contributed by atoms with E-state index >= 15 is 0 Å².